The van der Waals surface area contributed by atoms with Gasteiger partial charge in [-0.15, -0.1) is 34.9 Å². The largest absolute Gasteiger partial charge is 0.493 e. The molecule has 4 aromatic rings. The molecule has 0 spiro atoms. The summed E-state index contributed by atoms with van der Waals surface area (Å²) in [6.07, 6.45) is 8.85. The molecule has 45 heavy (non-hydrogen) atoms. The highest BCUT2D eigenvalue weighted by atomic mass is 32.2. The lowest BCUT2D eigenvalue weighted by atomic mass is 10.1. The minimum Gasteiger partial charge on any atom is -0.493 e. The number of methoxy groups -OCH3 is 2. The number of nitrogens with one attached hydrogen (secondary N) is 2. The fraction of sp³-hybridized carbons (Fsp3) is 0.206. The Kier molecular flexibility index (Phi) is 9.48. The normalized spacial score (nSPS) is 17.2. The molecule has 3 unspecified atom stereocenters. The molecule has 6 rings (SSSR count). The summed E-state index contributed by atoms with van der Waals surface area (Å²) in [5, 5.41) is 8.30. The monoisotopic (exact) mass is 656 g/mol. The fourth-order valence-corrected chi connectivity index (χ4v) is 8.18. The van der Waals surface area contributed by atoms with Gasteiger partial charge in [-0.1, -0.05) is 49.4 Å². The summed E-state index contributed by atoms with van der Waals surface area (Å²) in [6.45, 7) is 1.98. The number of carbonyl (C=O) groups excluding carboxylic acids is 2. The van der Waals surface area contributed by atoms with E-state index in [0.717, 1.165) is 26.7 Å². The van der Waals surface area contributed by atoms with Crippen LogP contribution < -0.4 is 25.0 Å². The molecular formula is C34H32N4O4S3. The number of fused-ring (bicyclic) bond motifs is 2. The van der Waals surface area contributed by atoms with Gasteiger partial charge in [-0.25, -0.2) is 9.78 Å². The molecule has 0 saturated carbocycles. The third-order valence-corrected chi connectivity index (χ3v) is 10.8. The minimum atomic E-state index is -0.352. The predicted molar refractivity (Wildman–Crippen MR) is 185 cm³/mol. The van der Waals surface area contributed by atoms with Gasteiger partial charge < -0.3 is 20.1 Å². The van der Waals surface area contributed by atoms with E-state index in [9.17, 15) is 9.59 Å². The molecule has 1 aliphatic heterocycles. The van der Waals surface area contributed by atoms with Gasteiger partial charge in [-0.2, -0.15) is 0 Å². The van der Waals surface area contributed by atoms with Crippen molar-refractivity contribution in [3.05, 3.63) is 96.4 Å². The number of nitrogens with zero attached hydrogens (tertiary/aromatic N) is 2. The number of aromatic nitrogens is 1. The van der Waals surface area contributed by atoms with Gasteiger partial charge >= 0.3 is 6.03 Å². The standard InChI is InChI=1S/C34H32N4O4S3/c1-4-29(32(39)37-33-36-24(20-43-33)21-16-17-27(41-2)28(18-21)42-3)44-23-11-9-10-22(19-23)35-34(40)38-25-12-5-7-14-30(25)45-31-15-8-6-13-26(31)38/h5-20,25,29-30H,4H2,1-3H3,(H,35,40)(H,36,37,39). The Hall–Kier alpha value is -4.19. The van der Waals surface area contributed by atoms with E-state index in [4.69, 9.17) is 9.47 Å². The first-order valence-electron chi connectivity index (χ1n) is 14.4. The molecule has 3 amide bonds. The molecule has 1 aliphatic carbocycles. The van der Waals surface area contributed by atoms with E-state index < -0.39 is 0 Å². The Morgan fingerprint density at radius 3 is 2.62 bits per heavy atom. The van der Waals surface area contributed by atoms with Gasteiger partial charge in [0.1, 0.15) is 0 Å². The molecule has 3 atom stereocenters. The third-order valence-electron chi connectivity index (χ3n) is 7.40. The number of urea groups is 1. The van der Waals surface area contributed by atoms with Gasteiger partial charge in [0.2, 0.25) is 5.91 Å². The zero-order chi connectivity index (χ0) is 31.3. The molecule has 3 aromatic carbocycles. The Morgan fingerprint density at radius 1 is 0.978 bits per heavy atom. The van der Waals surface area contributed by atoms with E-state index in [1.54, 1.807) is 26.0 Å². The molecule has 0 fully saturated rings. The summed E-state index contributed by atoms with van der Waals surface area (Å²) in [4.78, 5) is 35.4. The van der Waals surface area contributed by atoms with Crippen LogP contribution in [0.25, 0.3) is 11.3 Å². The molecule has 1 aromatic heterocycles. The number of thiazole rings is 1. The van der Waals surface area contributed by atoms with Gasteiger partial charge in [0.05, 0.1) is 42.1 Å². The molecule has 2 N–H and O–H groups in total. The number of ether oxygens (including phenoxy) is 2. The number of amides is 3. The SMILES string of the molecule is CCC(Sc1cccc(NC(=O)N2c3ccccc3SC3C=CC=CC32)c1)C(=O)Nc1nc(-c2ccc(OC)c(OC)c2)cs1. The average molecular weight is 657 g/mol. The summed E-state index contributed by atoms with van der Waals surface area (Å²) in [5.41, 5.74) is 3.16. The highest BCUT2D eigenvalue weighted by molar-refractivity contribution is 8.00. The highest BCUT2D eigenvalue weighted by Crippen LogP contribution is 2.44. The Bertz CT molecular complexity index is 1770. The van der Waals surface area contributed by atoms with Crippen LogP contribution >= 0.6 is 34.9 Å². The van der Waals surface area contributed by atoms with Crippen LogP contribution in [0.1, 0.15) is 13.3 Å². The molecular weight excluding hydrogens is 625 g/mol. The van der Waals surface area contributed by atoms with E-state index in [-0.39, 0.29) is 28.5 Å². The Balaban J connectivity index is 1.12. The van der Waals surface area contributed by atoms with Gasteiger partial charge in [-0.05, 0) is 55.0 Å². The zero-order valence-electron chi connectivity index (χ0n) is 24.9. The number of hydrogen-bond donors (Lipinski definition) is 2. The van der Waals surface area contributed by atoms with Gasteiger partial charge in [0.25, 0.3) is 0 Å². The number of thioether (sulfide) groups is 2. The topological polar surface area (TPSA) is 92.8 Å². The molecule has 0 bridgehead atoms. The van der Waals surface area contributed by atoms with Crippen LogP contribution in [0.4, 0.5) is 21.3 Å². The predicted octanol–water partition coefficient (Wildman–Crippen LogP) is 8.34. The van der Waals surface area contributed by atoms with Crippen LogP contribution in [0.5, 0.6) is 11.5 Å². The number of rotatable bonds is 9. The van der Waals surface area contributed by atoms with Crippen molar-refractivity contribution in [1.29, 1.82) is 0 Å². The van der Waals surface area contributed by atoms with Crippen LogP contribution in [0, 0.1) is 0 Å². The second-order valence-corrected chi connectivity index (χ2v) is 13.6. The van der Waals surface area contributed by atoms with Crippen LogP contribution in [-0.2, 0) is 4.79 Å². The van der Waals surface area contributed by atoms with Crippen molar-refractivity contribution in [2.24, 2.45) is 0 Å². The van der Waals surface area contributed by atoms with E-state index in [2.05, 4.69) is 33.8 Å². The van der Waals surface area contributed by atoms with Crippen molar-refractivity contribution in [1.82, 2.24) is 4.98 Å². The van der Waals surface area contributed by atoms with Crippen molar-refractivity contribution < 1.29 is 19.1 Å². The summed E-state index contributed by atoms with van der Waals surface area (Å²) in [7, 11) is 3.19. The summed E-state index contributed by atoms with van der Waals surface area (Å²) in [5.74, 6) is 1.12. The van der Waals surface area contributed by atoms with Crippen molar-refractivity contribution in [3.63, 3.8) is 0 Å². The number of para-hydroxylation sites is 1. The first kappa shape index (κ1) is 30.8. The molecule has 0 saturated heterocycles. The van der Waals surface area contributed by atoms with E-state index in [0.29, 0.717) is 28.7 Å². The molecule has 2 aliphatic rings. The smallest absolute Gasteiger partial charge is 0.326 e. The molecule has 0 radical (unpaired) electrons. The number of allylic oxidation sites excluding steroid dienone is 2. The molecule has 230 valence electrons. The Morgan fingerprint density at radius 2 is 1.80 bits per heavy atom. The second-order valence-electron chi connectivity index (χ2n) is 10.3. The van der Waals surface area contributed by atoms with Crippen molar-refractivity contribution in [2.45, 2.75) is 39.7 Å². The summed E-state index contributed by atoms with van der Waals surface area (Å²) < 4.78 is 10.7. The lowest BCUT2D eigenvalue weighted by Gasteiger charge is -2.40. The number of benzene rings is 3. The number of carbonyl (C=O) groups is 2. The summed E-state index contributed by atoms with van der Waals surface area (Å²) >= 11 is 4.60. The first-order valence-corrected chi connectivity index (χ1v) is 17.1. The quantitative estimate of drug-likeness (QED) is 0.175. The fourth-order valence-electron chi connectivity index (χ4n) is 5.19. The Labute approximate surface area is 274 Å². The number of hydrogen-bond acceptors (Lipinski definition) is 8. The van der Waals surface area contributed by atoms with Crippen molar-refractivity contribution >= 4 is 63.3 Å². The average Bonchev–Trinajstić information content (AvgIpc) is 3.54. The van der Waals surface area contributed by atoms with E-state index in [1.807, 2.05) is 90.0 Å². The van der Waals surface area contributed by atoms with Crippen LogP contribution in [0.15, 0.2) is 106 Å². The lowest BCUT2D eigenvalue weighted by molar-refractivity contribution is -0.115. The van der Waals surface area contributed by atoms with Crippen molar-refractivity contribution in [2.75, 3.05) is 29.8 Å². The van der Waals surface area contributed by atoms with Crippen LogP contribution in [0.2, 0.25) is 0 Å². The van der Waals surface area contributed by atoms with Gasteiger partial charge in [0, 0.05) is 26.4 Å². The number of anilines is 3. The molecule has 8 nitrogen and oxygen atoms in total. The first-order chi connectivity index (χ1) is 22.0. The van der Waals surface area contributed by atoms with Crippen LogP contribution in [0.3, 0.4) is 0 Å². The molecule has 2 heterocycles. The van der Waals surface area contributed by atoms with Crippen LogP contribution in [-0.4, -0.2) is 47.7 Å². The lowest BCUT2D eigenvalue weighted by Crippen LogP contribution is -2.49. The third kappa shape index (κ3) is 6.75. The van der Waals surface area contributed by atoms with Crippen molar-refractivity contribution in [3.8, 4) is 22.8 Å². The maximum absolute atomic E-state index is 13.7. The van der Waals surface area contributed by atoms with Gasteiger partial charge in [-0.3, -0.25) is 9.69 Å². The second kappa shape index (κ2) is 13.8. The highest BCUT2D eigenvalue weighted by Gasteiger charge is 2.36. The summed E-state index contributed by atoms with van der Waals surface area (Å²) in [6, 6.07) is 20.9. The maximum Gasteiger partial charge on any atom is 0.326 e. The molecule has 11 heteroatoms. The van der Waals surface area contributed by atoms with Gasteiger partial charge in [0.15, 0.2) is 16.6 Å². The van der Waals surface area contributed by atoms with E-state index >= 15 is 0 Å². The zero-order valence-corrected chi connectivity index (χ0v) is 27.4. The minimum absolute atomic E-state index is 0.0845. The van der Waals surface area contributed by atoms with E-state index in [1.165, 1.54) is 23.1 Å². The maximum atomic E-state index is 13.7.